The molecule has 2 N–H and O–H groups in total. The lowest BCUT2D eigenvalue weighted by atomic mass is 10.1. The van der Waals surface area contributed by atoms with Gasteiger partial charge in [0, 0.05) is 11.8 Å². The summed E-state index contributed by atoms with van der Waals surface area (Å²) < 4.78 is 53.2. The van der Waals surface area contributed by atoms with Gasteiger partial charge in [-0.15, -0.1) is 6.42 Å². The highest BCUT2D eigenvalue weighted by molar-refractivity contribution is 5.91. The summed E-state index contributed by atoms with van der Waals surface area (Å²) in [6.07, 6.45) is 2.48. The molecule has 0 spiro atoms. The van der Waals surface area contributed by atoms with Crippen molar-refractivity contribution < 1.29 is 22.4 Å². The van der Waals surface area contributed by atoms with Crippen LogP contribution >= 0.6 is 0 Å². The van der Waals surface area contributed by atoms with Crippen LogP contribution in [0.25, 0.3) is 11.3 Å². The minimum absolute atomic E-state index is 0.0694. The summed E-state index contributed by atoms with van der Waals surface area (Å²) in [4.78, 5) is 19.0. The number of terminal acetylenes is 1. The van der Waals surface area contributed by atoms with Crippen LogP contribution in [-0.4, -0.2) is 21.5 Å². The van der Waals surface area contributed by atoms with Crippen molar-refractivity contribution in [3.05, 3.63) is 42.1 Å². The Labute approximate surface area is 146 Å². The standard InChI is InChI=1S/C17H14F4N4O/c1-4-16(2,3)25-15(26)24-13-6-5-12(23-14(13)17(19,20)21)10-7-11(18)9-22-8-10/h1,5-9H,2-3H3,(H2,24,25,26). The molecule has 2 aromatic rings. The first-order valence-corrected chi connectivity index (χ1v) is 7.28. The Morgan fingerprint density at radius 1 is 1.23 bits per heavy atom. The van der Waals surface area contributed by atoms with E-state index in [0.717, 1.165) is 18.3 Å². The van der Waals surface area contributed by atoms with E-state index in [2.05, 4.69) is 26.5 Å². The molecule has 0 aliphatic heterocycles. The number of anilines is 1. The van der Waals surface area contributed by atoms with Crippen LogP contribution in [0, 0.1) is 18.2 Å². The van der Waals surface area contributed by atoms with Gasteiger partial charge in [0.15, 0.2) is 5.69 Å². The minimum atomic E-state index is -4.85. The normalized spacial score (nSPS) is 11.6. The second-order valence-corrected chi connectivity index (χ2v) is 5.83. The van der Waals surface area contributed by atoms with Gasteiger partial charge in [0.1, 0.15) is 5.82 Å². The van der Waals surface area contributed by atoms with Crippen molar-refractivity contribution >= 4 is 11.7 Å². The van der Waals surface area contributed by atoms with Crippen molar-refractivity contribution in [2.24, 2.45) is 0 Å². The number of hydrogen-bond donors (Lipinski definition) is 2. The molecule has 2 aromatic heterocycles. The summed E-state index contributed by atoms with van der Waals surface area (Å²) in [6, 6.07) is 2.33. The Kier molecular flexibility index (Phi) is 5.16. The largest absolute Gasteiger partial charge is 0.435 e. The number of urea groups is 1. The van der Waals surface area contributed by atoms with E-state index < -0.39 is 34.9 Å². The van der Waals surface area contributed by atoms with Crippen LogP contribution < -0.4 is 10.6 Å². The zero-order chi connectivity index (χ0) is 19.5. The molecule has 0 saturated carbocycles. The van der Waals surface area contributed by atoms with Gasteiger partial charge in [-0.3, -0.25) is 4.98 Å². The van der Waals surface area contributed by atoms with Crippen molar-refractivity contribution in [2.45, 2.75) is 25.6 Å². The van der Waals surface area contributed by atoms with Gasteiger partial charge in [-0.2, -0.15) is 13.2 Å². The summed E-state index contributed by atoms with van der Waals surface area (Å²) in [5.74, 6) is 1.57. The first kappa shape index (κ1) is 19.2. The van der Waals surface area contributed by atoms with Gasteiger partial charge in [0.25, 0.3) is 0 Å². The number of pyridine rings is 2. The third-order valence-electron chi connectivity index (χ3n) is 3.20. The van der Waals surface area contributed by atoms with Crippen LogP contribution in [-0.2, 0) is 6.18 Å². The molecule has 2 amide bonds. The number of rotatable bonds is 3. The van der Waals surface area contributed by atoms with Gasteiger partial charge in [-0.25, -0.2) is 14.2 Å². The molecule has 2 heterocycles. The van der Waals surface area contributed by atoms with E-state index in [9.17, 15) is 22.4 Å². The van der Waals surface area contributed by atoms with Gasteiger partial charge in [0.05, 0.1) is 23.1 Å². The zero-order valence-corrected chi connectivity index (χ0v) is 13.8. The van der Waals surface area contributed by atoms with Crippen molar-refractivity contribution in [1.82, 2.24) is 15.3 Å². The summed E-state index contributed by atoms with van der Waals surface area (Å²) in [7, 11) is 0. The number of alkyl halides is 3. The van der Waals surface area contributed by atoms with Crippen molar-refractivity contribution in [2.75, 3.05) is 5.32 Å². The van der Waals surface area contributed by atoms with Gasteiger partial charge < -0.3 is 10.6 Å². The monoisotopic (exact) mass is 366 g/mol. The highest BCUT2D eigenvalue weighted by Gasteiger charge is 2.36. The molecule has 136 valence electrons. The molecule has 0 aliphatic rings. The summed E-state index contributed by atoms with van der Waals surface area (Å²) in [5, 5.41) is 4.43. The number of halogens is 4. The molecule has 0 unspecified atom stereocenters. The van der Waals surface area contributed by atoms with Crippen LogP contribution in [0.15, 0.2) is 30.6 Å². The van der Waals surface area contributed by atoms with Crippen LogP contribution in [0.3, 0.4) is 0 Å². The van der Waals surface area contributed by atoms with E-state index in [1.807, 2.05) is 0 Å². The van der Waals surface area contributed by atoms with E-state index in [1.54, 1.807) is 0 Å². The summed E-state index contributed by atoms with van der Waals surface area (Å²) in [5.41, 5.74) is -3.01. The topological polar surface area (TPSA) is 66.9 Å². The molecule has 0 bridgehead atoms. The number of carbonyl (C=O) groups is 1. The molecule has 26 heavy (non-hydrogen) atoms. The number of aromatic nitrogens is 2. The van der Waals surface area contributed by atoms with Crippen molar-refractivity contribution in [3.8, 4) is 23.6 Å². The van der Waals surface area contributed by atoms with E-state index in [1.165, 1.54) is 26.1 Å². The molecule has 0 saturated heterocycles. The molecule has 0 fully saturated rings. The average molecular weight is 366 g/mol. The number of nitrogens with zero attached hydrogens (tertiary/aromatic N) is 2. The Bertz CT molecular complexity index is 872. The second-order valence-electron chi connectivity index (χ2n) is 5.83. The maximum absolute atomic E-state index is 13.3. The first-order valence-electron chi connectivity index (χ1n) is 7.28. The van der Waals surface area contributed by atoms with Crippen LogP contribution in [0.5, 0.6) is 0 Å². The fraction of sp³-hybridized carbons (Fsp3) is 0.235. The number of nitrogens with one attached hydrogen (secondary N) is 2. The summed E-state index contributed by atoms with van der Waals surface area (Å²) >= 11 is 0. The van der Waals surface area contributed by atoms with Gasteiger partial charge in [-0.05, 0) is 32.0 Å². The Morgan fingerprint density at radius 3 is 2.50 bits per heavy atom. The average Bonchev–Trinajstić information content (AvgIpc) is 2.53. The maximum atomic E-state index is 13.3. The third-order valence-corrected chi connectivity index (χ3v) is 3.20. The third kappa shape index (κ3) is 4.69. The number of amides is 2. The molecular formula is C17H14F4N4O. The summed E-state index contributed by atoms with van der Waals surface area (Å²) in [6.45, 7) is 3.02. The van der Waals surface area contributed by atoms with E-state index in [4.69, 9.17) is 6.42 Å². The van der Waals surface area contributed by atoms with Gasteiger partial charge >= 0.3 is 12.2 Å². The number of hydrogen-bond acceptors (Lipinski definition) is 3. The first-order chi connectivity index (χ1) is 12.0. The minimum Gasteiger partial charge on any atom is -0.322 e. The Balaban J connectivity index is 2.39. The van der Waals surface area contributed by atoms with Crippen LogP contribution in [0.2, 0.25) is 0 Å². The van der Waals surface area contributed by atoms with Crippen molar-refractivity contribution in [3.63, 3.8) is 0 Å². The molecule has 0 atom stereocenters. The molecular weight excluding hydrogens is 352 g/mol. The highest BCUT2D eigenvalue weighted by Crippen LogP contribution is 2.35. The van der Waals surface area contributed by atoms with Crippen LogP contribution in [0.1, 0.15) is 19.5 Å². The molecule has 0 aromatic carbocycles. The lowest BCUT2D eigenvalue weighted by molar-refractivity contribution is -0.140. The lowest BCUT2D eigenvalue weighted by Crippen LogP contribution is -2.44. The maximum Gasteiger partial charge on any atom is 0.435 e. The predicted molar refractivity (Wildman–Crippen MR) is 87.5 cm³/mol. The Hall–Kier alpha value is -3.15. The van der Waals surface area contributed by atoms with E-state index in [-0.39, 0.29) is 11.3 Å². The molecule has 0 radical (unpaired) electrons. The highest BCUT2D eigenvalue weighted by atomic mass is 19.4. The van der Waals surface area contributed by atoms with Gasteiger partial charge in [-0.1, -0.05) is 5.92 Å². The number of carbonyl (C=O) groups excluding carboxylic acids is 1. The van der Waals surface area contributed by atoms with Gasteiger partial charge in [0.2, 0.25) is 0 Å². The SMILES string of the molecule is C#CC(C)(C)NC(=O)Nc1ccc(-c2cncc(F)c2)nc1C(F)(F)F. The fourth-order valence-corrected chi connectivity index (χ4v) is 1.96. The predicted octanol–water partition coefficient (Wildman–Crippen LogP) is 3.83. The lowest BCUT2D eigenvalue weighted by Gasteiger charge is -2.21. The second kappa shape index (κ2) is 7.00. The van der Waals surface area contributed by atoms with E-state index >= 15 is 0 Å². The Morgan fingerprint density at radius 2 is 1.92 bits per heavy atom. The van der Waals surface area contributed by atoms with Crippen LogP contribution in [0.4, 0.5) is 28.0 Å². The molecule has 2 rings (SSSR count). The van der Waals surface area contributed by atoms with Crippen molar-refractivity contribution in [1.29, 1.82) is 0 Å². The van der Waals surface area contributed by atoms with E-state index in [0.29, 0.717) is 0 Å². The molecule has 0 aliphatic carbocycles. The smallest absolute Gasteiger partial charge is 0.322 e. The molecule has 9 heteroatoms. The zero-order valence-electron chi connectivity index (χ0n) is 13.8. The fourth-order valence-electron chi connectivity index (χ4n) is 1.96. The molecule has 5 nitrogen and oxygen atoms in total. The quantitative estimate of drug-likeness (QED) is 0.641.